The summed E-state index contributed by atoms with van der Waals surface area (Å²) in [7, 11) is 0. The molecule has 1 aliphatic rings. The molecule has 0 aliphatic carbocycles. The van der Waals surface area contributed by atoms with Gasteiger partial charge < -0.3 is 4.90 Å². The number of nitrogens with zero attached hydrogens (tertiary/aromatic N) is 2. The molecule has 0 radical (unpaired) electrons. The Balaban J connectivity index is 1.65. The summed E-state index contributed by atoms with van der Waals surface area (Å²) in [5.41, 5.74) is 1.31. The van der Waals surface area contributed by atoms with Gasteiger partial charge in [-0.3, -0.25) is 14.9 Å². The van der Waals surface area contributed by atoms with Gasteiger partial charge in [-0.25, -0.2) is 0 Å². The summed E-state index contributed by atoms with van der Waals surface area (Å²) < 4.78 is 0. The molecule has 1 aromatic rings. The summed E-state index contributed by atoms with van der Waals surface area (Å²) in [6.45, 7) is 3.93. The van der Waals surface area contributed by atoms with E-state index < -0.39 is 0 Å². The molecule has 0 atom stereocenters. The molecule has 5 nitrogen and oxygen atoms in total. The van der Waals surface area contributed by atoms with Gasteiger partial charge in [0.25, 0.3) is 5.69 Å². The molecule has 5 heteroatoms. The van der Waals surface area contributed by atoms with E-state index in [9.17, 15) is 14.9 Å². The number of amides is 1. The highest BCUT2D eigenvalue weighted by atomic mass is 16.6. The van der Waals surface area contributed by atoms with Gasteiger partial charge in [-0.05, 0) is 50.0 Å². The number of hydrogen-bond acceptors (Lipinski definition) is 3. The Labute approximate surface area is 144 Å². The lowest BCUT2D eigenvalue weighted by molar-refractivity contribution is -0.384. The van der Waals surface area contributed by atoms with Crippen LogP contribution >= 0.6 is 0 Å². The number of nitro groups is 1. The van der Waals surface area contributed by atoms with E-state index >= 15 is 0 Å². The van der Waals surface area contributed by atoms with Crippen molar-refractivity contribution in [3.63, 3.8) is 0 Å². The summed E-state index contributed by atoms with van der Waals surface area (Å²) in [6.07, 6.45) is 8.23. The summed E-state index contributed by atoms with van der Waals surface area (Å²) in [6, 6.07) is 6.87. The first kappa shape index (κ1) is 18.4. The molecule has 0 unspecified atom stereocenters. The van der Waals surface area contributed by atoms with Crippen LogP contribution in [0.1, 0.15) is 57.4 Å². The Morgan fingerprint density at radius 2 is 1.88 bits per heavy atom. The zero-order valence-corrected chi connectivity index (χ0v) is 14.6. The Kier molecular flexibility index (Phi) is 7.22. The number of aryl methyl sites for hydroxylation is 1. The van der Waals surface area contributed by atoms with Crippen LogP contribution in [0.2, 0.25) is 0 Å². The van der Waals surface area contributed by atoms with E-state index in [0.717, 1.165) is 57.2 Å². The van der Waals surface area contributed by atoms with Crippen LogP contribution in [0.4, 0.5) is 5.69 Å². The van der Waals surface area contributed by atoms with Crippen molar-refractivity contribution in [2.45, 2.75) is 58.3 Å². The summed E-state index contributed by atoms with van der Waals surface area (Å²) in [4.78, 5) is 24.3. The van der Waals surface area contributed by atoms with Crippen LogP contribution in [0.3, 0.4) is 0 Å². The standard InChI is InChI=1S/C19H28N2O3/c1-2-3-7-19(22)20-14-12-17(13-15-20)6-4-5-16-8-10-18(11-9-16)21(23)24/h8-11,17H,2-7,12-15H2,1H3. The number of likely N-dealkylation sites (tertiary alicyclic amines) is 1. The highest BCUT2D eigenvalue weighted by molar-refractivity contribution is 5.76. The van der Waals surface area contributed by atoms with Crippen molar-refractivity contribution >= 4 is 11.6 Å². The van der Waals surface area contributed by atoms with Gasteiger partial charge in [0, 0.05) is 31.6 Å². The van der Waals surface area contributed by atoms with Crippen molar-refractivity contribution in [3.8, 4) is 0 Å². The van der Waals surface area contributed by atoms with Crippen molar-refractivity contribution in [2.75, 3.05) is 13.1 Å². The largest absolute Gasteiger partial charge is 0.343 e. The Hall–Kier alpha value is -1.91. The number of non-ortho nitro benzene ring substituents is 1. The molecule has 132 valence electrons. The lowest BCUT2D eigenvalue weighted by Crippen LogP contribution is -2.38. The molecule has 0 aromatic heterocycles. The van der Waals surface area contributed by atoms with Crippen LogP contribution in [-0.4, -0.2) is 28.8 Å². The molecule has 1 fully saturated rings. The third kappa shape index (κ3) is 5.62. The van der Waals surface area contributed by atoms with Gasteiger partial charge in [-0.2, -0.15) is 0 Å². The maximum atomic E-state index is 12.0. The normalized spacial score (nSPS) is 15.5. The fourth-order valence-corrected chi connectivity index (χ4v) is 3.34. The van der Waals surface area contributed by atoms with Crippen molar-refractivity contribution in [1.82, 2.24) is 4.90 Å². The number of benzene rings is 1. The minimum absolute atomic E-state index is 0.152. The van der Waals surface area contributed by atoms with Crippen LogP contribution in [0.15, 0.2) is 24.3 Å². The molecule has 1 aromatic carbocycles. The lowest BCUT2D eigenvalue weighted by Gasteiger charge is -2.32. The molecule has 1 aliphatic heterocycles. The topological polar surface area (TPSA) is 63.5 Å². The predicted molar refractivity (Wildman–Crippen MR) is 94.9 cm³/mol. The molecule has 0 saturated carbocycles. The Morgan fingerprint density at radius 1 is 1.21 bits per heavy atom. The molecular weight excluding hydrogens is 304 g/mol. The van der Waals surface area contributed by atoms with Gasteiger partial charge in [-0.15, -0.1) is 0 Å². The second kappa shape index (κ2) is 9.40. The van der Waals surface area contributed by atoms with Crippen molar-refractivity contribution in [2.24, 2.45) is 5.92 Å². The van der Waals surface area contributed by atoms with Crippen molar-refractivity contribution < 1.29 is 9.72 Å². The van der Waals surface area contributed by atoms with Gasteiger partial charge >= 0.3 is 0 Å². The second-order valence-electron chi connectivity index (χ2n) is 6.74. The number of hydrogen-bond donors (Lipinski definition) is 0. The Morgan fingerprint density at radius 3 is 2.46 bits per heavy atom. The van der Waals surface area contributed by atoms with Gasteiger partial charge in [0.1, 0.15) is 0 Å². The zero-order chi connectivity index (χ0) is 17.4. The quantitative estimate of drug-likeness (QED) is 0.525. The SMILES string of the molecule is CCCCC(=O)N1CCC(CCCc2ccc([N+](=O)[O-])cc2)CC1. The summed E-state index contributed by atoms with van der Waals surface area (Å²) in [5, 5.41) is 10.6. The van der Waals surface area contributed by atoms with Crippen LogP contribution in [-0.2, 0) is 11.2 Å². The van der Waals surface area contributed by atoms with Crippen LogP contribution in [0.5, 0.6) is 0 Å². The third-order valence-corrected chi connectivity index (χ3v) is 4.94. The molecule has 1 heterocycles. The van der Waals surface area contributed by atoms with E-state index in [1.807, 2.05) is 17.0 Å². The molecular formula is C19H28N2O3. The number of nitro benzene ring substituents is 1. The van der Waals surface area contributed by atoms with Crippen LogP contribution in [0, 0.1) is 16.0 Å². The minimum Gasteiger partial charge on any atom is -0.343 e. The number of carbonyl (C=O) groups is 1. The third-order valence-electron chi connectivity index (χ3n) is 4.94. The minimum atomic E-state index is -0.362. The van der Waals surface area contributed by atoms with E-state index in [4.69, 9.17) is 0 Å². The fourth-order valence-electron chi connectivity index (χ4n) is 3.34. The number of piperidine rings is 1. The van der Waals surface area contributed by atoms with Gasteiger partial charge in [0.15, 0.2) is 0 Å². The first-order valence-corrected chi connectivity index (χ1v) is 9.11. The first-order chi connectivity index (χ1) is 11.6. The summed E-state index contributed by atoms with van der Waals surface area (Å²) >= 11 is 0. The molecule has 2 rings (SSSR count). The number of carbonyl (C=O) groups excluding carboxylic acids is 1. The van der Waals surface area contributed by atoms with Crippen molar-refractivity contribution in [3.05, 3.63) is 39.9 Å². The fraction of sp³-hybridized carbons (Fsp3) is 0.632. The number of unbranched alkanes of at least 4 members (excludes halogenated alkanes) is 1. The highest BCUT2D eigenvalue weighted by Crippen LogP contribution is 2.24. The number of rotatable bonds is 8. The monoisotopic (exact) mass is 332 g/mol. The average Bonchev–Trinajstić information content (AvgIpc) is 2.60. The second-order valence-corrected chi connectivity index (χ2v) is 6.74. The molecule has 0 bridgehead atoms. The Bertz CT molecular complexity index is 534. The van der Waals surface area contributed by atoms with Gasteiger partial charge in [0.2, 0.25) is 5.91 Å². The maximum absolute atomic E-state index is 12.0. The lowest BCUT2D eigenvalue weighted by atomic mass is 9.90. The highest BCUT2D eigenvalue weighted by Gasteiger charge is 2.21. The summed E-state index contributed by atoms with van der Waals surface area (Å²) in [5.74, 6) is 1.03. The molecule has 1 amide bonds. The molecule has 0 N–H and O–H groups in total. The molecule has 1 saturated heterocycles. The van der Waals surface area contributed by atoms with E-state index in [1.165, 1.54) is 6.42 Å². The average molecular weight is 332 g/mol. The molecule has 24 heavy (non-hydrogen) atoms. The predicted octanol–water partition coefficient (Wildman–Crippen LogP) is 4.35. The van der Waals surface area contributed by atoms with Gasteiger partial charge in [-0.1, -0.05) is 25.5 Å². The first-order valence-electron chi connectivity index (χ1n) is 9.11. The van der Waals surface area contributed by atoms with Crippen molar-refractivity contribution in [1.29, 1.82) is 0 Å². The van der Waals surface area contributed by atoms with E-state index in [2.05, 4.69) is 6.92 Å². The smallest absolute Gasteiger partial charge is 0.269 e. The van der Waals surface area contributed by atoms with Crippen LogP contribution in [0.25, 0.3) is 0 Å². The molecule has 0 spiro atoms. The maximum Gasteiger partial charge on any atom is 0.269 e. The van der Waals surface area contributed by atoms with E-state index in [1.54, 1.807) is 12.1 Å². The van der Waals surface area contributed by atoms with Gasteiger partial charge in [0.05, 0.1) is 4.92 Å². The zero-order valence-electron chi connectivity index (χ0n) is 14.6. The van der Waals surface area contributed by atoms with E-state index in [-0.39, 0.29) is 10.6 Å². The van der Waals surface area contributed by atoms with E-state index in [0.29, 0.717) is 18.2 Å². The van der Waals surface area contributed by atoms with Crippen LogP contribution < -0.4 is 0 Å².